The van der Waals surface area contributed by atoms with Crippen molar-refractivity contribution in [2.45, 2.75) is 87.3 Å². The van der Waals surface area contributed by atoms with E-state index in [1.54, 1.807) is 45.0 Å². The molecule has 0 saturated carbocycles. The third-order valence-electron chi connectivity index (χ3n) is 5.78. The molecule has 0 aliphatic heterocycles. The first-order valence-corrected chi connectivity index (χ1v) is 12.9. The molecule has 0 radical (unpaired) electrons. The fourth-order valence-corrected chi connectivity index (χ4v) is 3.64. The van der Waals surface area contributed by atoms with E-state index >= 15 is 0 Å². The predicted molar refractivity (Wildman–Crippen MR) is 145 cm³/mol. The van der Waals surface area contributed by atoms with Crippen LogP contribution in [0.1, 0.15) is 80.2 Å². The van der Waals surface area contributed by atoms with Gasteiger partial charge in [-0.2, -0.15) is 0 Å². The van der Waals surface area contributed by atoms with Crippen molar-refractivity contribution in [2.75, 3.05) is 11.9 Å². The highest BCUT2D eigenvalue weighted by Crippen LogP contribution is 2.29. The smallest absolute Gasteiger partial charge is 0.312 e. The molecule has 0 heterocycles. The molecule has 0 aliphatic rings. The van der Waals surface area contributed by atoms with Crippen LogP contribution in [-0.4, -0.2) is 36.4 Å². The standard InChI is InChI=1S/C28H46N4O5/c1-18(2)21(16-27(3,4)5)23(33)32-22(10-9-15-30-26(29)36)24(34)31-20-13-11-19(12-14-20)17-37-25(35)28(6,7)8/h11-14,18,21-22H,9-10,15-17H2,1-8H3,(H,31,34)(H,32,33)(H3,29,30,36)/t21-,22-/m0/s1. The summed E-state index contributed by atoms with van der Waals surface area (Å²) in [6, 6.07) is 5.58. The molecule has 4 amide bonds. The molecule has 1 rings (SSSR count). The van der Waals surface area contributed by atoms with Gasteiger partial charge in [-0.15, -0.1) is 0 Å². The highest BCUT2D eigenvalue weighted by Gasteiger charge is 2.30. The number of rotatable bonds is 12. The van der Waals surface area contributed by atoms with Crippen molar-refractivity contribution in [1.29, 1.82) is 0 Å². The number of esters is 1. The summed E-state index contributed by atoms with van der Waals surface area (Å²) in [7, 11) is 0. The summed E-state index contributed by atoms with van der Waals surface area (Å²) in [5, 5.41) is 8.30. The minimum atomic E-state index is -0.782. The summed E-state index contributed by atoms with van der Waals surface area (Å²) in [4.78, 5) is 49.3. The second kappa shape index (κ2) is 14.0. The molecule has 9 heteroatoms. The molecule has 2 atom stereocenters. The number of amides is 4. The van der Waals surface area contributed by atoms with Crippen LogP contribution < -0.4 is 21.7 Å². The van der Waals surface area contributed by atoms with Crippen LogP contribution >= 0.6 is 0 Å². The molecule has 0 aliphatic carbocycles. The number of primary amides is 1. The van der Waals surface area contributed by atoms with Gasteiger partial charge in [-0.1, -0.05) is 46.8 Å². The Morgan fingerprint density at radius 3 is 2.03 bits per heavy atom. The highest BCUT2D eigenvalue weighted by molar-refractivity contribution is 5.97. The monoisotopic (exact) mass is 518 g/mol. The molecule has 1 aromatic rings. The van der Waals surface area contributed by atoms with E-state index in [0.29, 0.717) is 31.5 Å². The van der Waals surface area contributed by atoms with Crippen molar-refractivity contribution in [3.8, 4) is 0 Å². The van der Waals surface area contributed by atoms with Crippen molar-refractivity contribution in [2.24, 2.45) is 28.4 Å². The molecular formula is C28H46N4O5. The minimum absolute atomic E-state index is 0.0433. The molecule has 0 fully saturated rings. The van der Waals surface area contributed by atoms with Crippen molar-refractivity contribution in [3.05, 3.63) is 29.8 Å². The third-order valence-corrected chi connectivity index (χ3v) is 5.78. The number of hydrogen-bond acceptors (Lipinski definition) is 5. The number of nitrogens with one attached hydrogen (secondary N) is 3. The van der Waals surface area contributed by atoms with E-state index in [-0.39, 0.29) is 41.6 Å². The number of benzene rings is 1. The van der Waals surface area contributed by atoms with Crippen molar-refractivity contribution >= 4 is 29.5 Å². The Hall–Kier alpha value is -3.10. The highest BCUT2D eigenvalue weighted by atomic mass is 16.5. The van der Waals surface area contributed by atoms with Crippen molar-refractivity contribution in [3.63, 3.8) is 0 Å². The van der Waals surface area contributed by atoms with E-state index in [2.05, 4.69) is 36.7 Å². The third kappa shape index (κ3) is 12.6. The van der Waals surface area contributed by atoms with Gasteiger partial charge in [0.05, 0.1) is 5.41 Å². The Labute approximate surface area is 221 Å². The van der Waals surface area contributed by atoms with Crippen molar-refractivity contribution in [1.82, 2.24) is 10.6 Å². The van der Waals surface area contributed by atoms with Crippen LogP contribution in [-0.2, 0) is 25.7 Å². The van der Waals surface area contributed by atoms with E-state index in [1.807, 2.05) is 13.8 Å². The minimum Gasteiger partial charge on any atom is -0.460 e. The number of hydrogen-bond donors (Lipinski definition) is 4. The summed E-state index contributed by atoms with van der Waals surface area (Å²) < 4.78 is 5.33. The van der Waals surface area contributed by atoms with Gasteiger partial charge < -0.3 is 26.4 Å². The van der Waals surface area contributed by atoms with Crippen LogP contribution in [0.25, 0.3) is 0 Å². The van der Waals surface area contributed by atoms with Gasteiger partial charge in [0.1, 0.15) is 12.6 Å². The van der Waals surface area contributed by atoms with Gasteiger partial charge >= 0.3 is 12.0 Å². The maximum absolute atomic E-state index is 13.2. The lowest BCUT2D eigenvalue weighted by molar-refractivity contribution is -0.154. The quantitative estimate of drug-likeness (QED) is 0.240. The molecule has 0 unspecified atom stereocenters. The molecule has 0 bridgehead atoms. The van der Waals surface area contributed by atoms with Crippen LogP contribution in [0.15, 0.2) is 24.3 Å². The zero-order valence-electron chi connectivity index (χ0n) is 23.7. The summed E-state index contributed by atoms with van der Waals surface area (Å²) in [6.45, 7) is 16.1. The van der Waals surface area contributed by atoms with Crippen molar-refractivity contribution < 1.29 is 23.9 Å². The lowest BCUT2D eigenvalue weighted by Gasteiger charge is -2.29. The zero-order valence-corrected chi connectivity index (χ0v) is 23.7. The van der Waals surface area contributed by atoms with Gasteiger partial charge in [-0.25, -0.2) is 4.79 Å². The maximum atomic E-state index is 13.2. The van der Waals surface area contributed by atoms with Gasteiger partial charge in [-0.3, -0.25) is 14.4 Å². The largest absolute Gasteiger partial charge is 0.460 e. The second-order valence-electron chi connectivity index (χ2n) is 12.1. The Balaban J connectivity index is 2.90. The number of urea groups is 1. The van der Waals surface area contributed by atoms with Gasteiger partial charge in [0.2, 0.25) is 11.8 Å². The van der Waals surface area contributed by atoms with E-state index in [4.69, 9.17) is 10.5 Å². The molecule has 0 aromatic heterocycles. The van der Waals surface area contributed by atoms with Crippen LogP contribution in [0.4, 0.5) is 10.5 Å². The molecule has 0 saturated heterocycles. The van der Waals surface area contributed by atoms with Crippen LogP contribution in [0, 0.1) is 22.7 Å². The molecule has 208 valence electrons. The van der Waals surface area contributed by atoms with Gasteiger partial charge in [0.15, 0.2) is 0 Å². The Morgan fingerprint density at radius 1 is 0.946 bits per heavy atom. The first kappa shape index (κ1) is 31.9. The molecule has 5 N–H and O–H groups in total. The Morgan fingerprint density at radius 2 is 1.54 bits per heavy atom. The number of carbonyl (C=O) groups is 4. The van der Waals surface area contributed by atoms with Crippen LogP contribution in [0.5, 0.6) is 0 Å². The van der Waals surface area contributed by atoms with Crippen LogP contribution in [0.3, 0.4) is 0 Å². The summed E-state index contributed by atoms with van der Waals surface area (Å²) in [5.74, 6) is -0.935. The average Bonchev–Trinajstić information content (AvgIpc) is 2.77. The molecule has 37 heavy (non-hydrogen) atoms. The van der Waals surface area contributed by atoms with Gasteiger partial charge in [0, 0.05) is 18.2 Å². The number of ether oxygens (including phenoxy) is 1. The molecular weight excluding hydrogens is 472 g/mol. The average molecular weight is 519 g/mol. The van der Waals surface area contributed by atoms with E-state index in [1.165, 1.54) is 0 Å². The summed E-state index contributed by atoms with van der Waals surface area (Å²) >= 11 is 0. The summed E-state index contributed by atoms with van der Waals surface area (Å²) in [5.41, 5.74) is 5.85. The second-order valence-corrected chi connectivity index (χ2v) is 12.1. The normalized spacial score (nSPS) is 13.4. The van der Waals surface area contributed by atoms with Gasteiger partial charge in [-0.05, 0) is 69.1 Å². The lowest BCUT2D eigenvalue weighted by atomic mass is 9.79. The Kier molecular flexibility index (Phi) is 12.1. The SMILES string of the molecule is CC(C)[C@H](CC(C)(C)C)C(=O)N[C@@H](CCCNC(N)=O)C(=O)Nc1ccc(COC(=O)C(C)(C)C)cc1. The van der Waals surface area contributed by atoms with E-state index < -0.39 is 17.5 Å². The lowest BCUT2D eigenvalue weighted by Crippen LogP contribution is -2.47. The van der Waals surface area contributed by atoms with Gasteiger partial charge in [0.25, 0.3) is 0 Å². The number of carbonyl (C=O) groups excluding carboxylic acids is 4. The maximum Gasteiger partial charge on any atom is 0.312 e. The predicted octanol–water partition coefficient (Wildman–Crippen LogP) is 4.36. The number of anilines is 1. The van der Waals surface area contributed by atoms with E-state index in [9.17, 15) is 19.2 Å². The van der Waals surface area contributed by atoms with Crippen LogP contribution in [0.2, 0.25) is 0 Å². The topological polar surface area (TPSA) is 140 Å². The van der Waals surface area contributed by atoms with E-state index in [0.717, 1.165) is 5.56 Å². The molecule has 1 aromatic carbocycles. The fraction of sp³-hybridized carbons (Fsp3) is 0.643. The Bertz CT molecular complexity index is 914. The zero-order chi connectivity index (χ0) is 28.4. The summed E-state index contributed by atoms with van der Waals surface area (Å²) in [6.07, 6.45) is 1.49. The molecule has 0 spiro atoms. The number of nitrogens with two attached hydrogens (primary N) is 1. The fourth-order valence-electron chi connectivity index (χ4n) is 3.64. The molecule has 9 nitrogen and oxygen atoms in total. The first-order valence-electron chi connectivity index (χ1n) is 12.9. The first-order chi connectivity index (χ1) is 17.0.